The van der Waals surface area contributed by atoms with Gasteiger partial charge < -0.3 is 0 Å². The Morgan fingerprint density at radius 1 is 0.500 bits per heavy atom. The zero-order valence-electron chi connectivity index (χ0n) is 28.1. The molecule has 0 aromatic heterocycles. The molecule has 1 aliphatic rings. The fourth-order valence-electron chi connectivity index (χ4n) is 6.44. The molecule has 0 atom stereocenters. The Labute approximate surface area is 317 Å². The van der Waals surface area contributed by atoms with E-state index >= 15 is 0 Å². The predicted molar refractivity (Wildman–Crippen MR) is 212 cm³/mol. The van der Waals surface area contributed by atoms with Gasteiger partial charge in [0.1, 0.15) is 0 Å². The van der Waals surface area contributed by atoms with E-state index in [4.69, 9.17) is 0 Å². The van der Waals surface area contributed by atoms with E-state index in [2.05, 4.69) is 200 Å². The van der Waals surface area contributed by atoms with Crippen LogP contribution in [0.5, 0.6) is 0 Å². The number of benzene rings is 7. The topological polar surface area (TPSA) is 0 Å². The molecule has 0 spiro atoms. The number of aryl methyl sites for hydroxylation is 2. The van der Waals surface area contributed by atoms with Gasteiger partial charge in [-0.15, -0.1) is 45.9 Å². The maximum atomic E-state index is 3.30. The molecule has 0 saturated carbocycles. The first-order valence-electron chi connectivity index (χ1n) is 17.0. The van der Waals surface area contributed by atoms with Gasteiger partial charge in [-0.05, 0) is 48.9 Å². The van der Waals surface area contributed by atoms with E-state index < -0.39 is 7.92 Å². The Morgan fingerprint density at radius 2 is 1.00 bits per heavy atom. The molecule has 0 bridgehead atoms. The van der Waals surface area contributed by atoms with Crippen molar-refractivity contribution >= 4 is 34.6 Å². The summed E-state index contributed by atoms with van der Waals surface area (Å²) in [6, 6.07) is 74.4. The van der Waals surface area contributed by atoms with Crippen molar-refractivity contribution in [3.8, 4) is 11.1 Å². The summed E-state index contributed by atoms with van der Waals surface area (Å²) in [4.78, 5) is 0. The van der Waals surface area contributed by atoms with Crippen molar-refractivity contribution in [2.24, 2.45) is 0 Å². The van der Waals surface area contributed by atoms with Gasteiger partial charge in [0.2, 0.25) is 0 Å². The van der Waals surface area contributed by atoms with Gasteiger partial charge in [-0.2, -0.15) is 35.9 Å². The van der Waals surface area contributed by atoms with E-state index in [-0.39, 0.29) is 26.2 Å². The summed E-state index contributed by atoms with van der Waals surface area (Å²) < 4.78 is 0. The minimum absolute atomic E-state index is 0. The standard InChI is InChI=1S/C21H16P.C14H14.C13H9.Zr/c1-3-11-19(12-4-1)22(20-13-5-2-6-14-20)21-15-17-9-7-8-10-18(17)16-21;1-3-7-13(8-4-1)11-12-14-9-5-2-6-10-14;1-3-7-12-10(5-1)9-11-6-2-4-8-13(11)12;/h1-16H;1-10H,11-12H2;1-5,7-8H,9H2;/q-1;;-1;+2. The average molecular weight is 738 g/mol. The van der Waals surface area contributed by atoms with Gasteiger partial charge in [0.25, 0.3) is 0 Å². The van der Waals surface area contributed by atoms with Crippen LogP contribution < -0.4 is 15.9 Å². The second-order valence-electron chi connectivity index (χ2n) is 12.2. The number of hydrogen-bond donors (Lipinski definition) is 0. The molecular formula is C48H39PZr. The van der Waals surface area contributed by atoms with Crippen LogP contribution in [0.2, 0.25) is 0 Å². The van der Waals surface area contributed by atoms with Crippen LogP contribution in [0, 0.1) is 6.07 Å². The van der Waals surface area contributed by atoms with Crippen molar-refractivity contribution < 1.29 is 26.2 Å². The van der Waals surface area contributed by atoms with Crippen molar-refractivity contribution in [2.45, 2.75) is 19.3 Å². The normalized spacial score (nSPS) is 10.9. The fraction of sp³-hybridized carbons (Fsp3) is 0.0625. The van der Waals surface area contributed by atoms with Crippen molar-refractivity contribution in [3.05, 3.63) is 229 Å². The van der Waals surface area contributed by atoms with E-state index in [1.807, 2.05) is 6.07 Å². The number of rotatable bonds is 6. The summed E-state index contributed by atoms with van der Waals surface area (Å²) in [5.41, 5.74) is 8.34. The molecule has 9 rings (SSSR count). The molecule has 1 aliphatic carbocycles. The summed E-state index contributed by atoms with van der Waals surface area (Å²) in [6.07, 6.45) is 3.31. The second kappa shape index (κ2) is 17.9. The Hall–Kier alpha value is -4.54. The molecule has 0 unspecified atom stereocenters. The van der Waals surface area contributed by atoms with E-state index in [1.165, 1.54) is 60.1 Å². The van der Waals surface area contributed by atoms with Gasteiger partial charge in [0.15, 0.2) is 0 Å². The summed E-state index contributed by atoms with van der Waals surface area (Å²) in [5, 5.41) is 6.89. The van der Waals surface area contributed by atoms with E-state index in [0.29, 0.717) is 0 Å². The molecule has 0 fully saturated rings. The maximum absolute atomic E-state index is 3.30. The van der Waals surface area contributed by atoms with Crippen LogP contribution in [-0.2, 0) is 45.5 Å². The van der Waals surface area contributed by atoms with E-state index in [0.717, 1.165) is 19.3 Å². The molecule has 2 heteroatoms. The van der Waals surface area contributed by atoms with Gasteiger partial charge in [-0.3, -0.25) is 0 Å². The molecule has 0 amide bonds. The van der Waals surface area contributed by atoms with Gasteiger partial charge in [0, 0.05) is 0 Å². The Kier molecular flexibility index (Phi) is 12.6. The summed E-state index contributed by atoms with van der Waals surface area (Å²) in [7, 11) is -0.493. The third-order valence-corrected chi connectivity index (χ3v) is 11.3. The minimum Gasteiger partial charge on any atom is -0.179 e. The quantitative estimate of drug-likeness (QED) is 0.118. The molecule has 0 heterocycles. The summed E-state index contributed by atoms with van der Waals surface area (Å²) in [6.45, 7) is 0. The molecule has 0 nitrogen and oxygen atoms in total. The molecule has 0 N–H and O–H groups in total. The van der Waals surface area contributed by atoms with Gasteiger partial charge >= 0.3 is 26.2 Å². The largest absolute Gasteiger partial charge is 2.00 e. The predicted octanol–water partition coefficient (Wildman–Crippen LogP) is 10.8. The average Bonchev–Trinajstić information content (AvgIpc) is 3.78. The van der Waals surface area contributed by atoms with Crippen molar-refractivity contribution in [2.75, 3.05) is 0 Å². The molecule has 0 saturated heterocycles. The van der Waals surface area contributed by atoms with Crippen LogP contribution >= 0.6 is 7.92 Å². The molecule has 8 aromatic rings. The monoisotopic (exact) mass is 736 g/mol. The van der Waals surface area contributed by atoms with Crippen LogP contribution in [0.3, 0.4) is 0 Å². The first-order valence-corrected chi connectivity index (χ1v) is 18.4. The second-order valence-corrected chi connectivity index (χ2v) is 14.4. The van der Waals surface area contributed by atoms with Gasteiger partial charge in [-0.1, -0.05) is 163 Å². The Morgan fingerprint density at radius 3 is 1.60 bits per heavy atom. The zero-order valence-corrected chi connectivity index (χ0v) is 31.5. The zero-order chi connectivity index (χ0) is 33.1. The number of fused-ring (bicyclic) bond motifs is 4. The Bertz CT molecular complexity index is 2030. The van der Waals surface area contributed by atoms with Crippen molar-refractivity contribution in [1.29, 1.82) is 0 Å². The maximum Gasteiger partial charge on any atom is 2.00 e. The van der Waals surface area contributed by atoms with Crippen LogP contribution in [0.15, 0.2) is 200 Å². The van der Waals surface area contributed by atoms with Crippen molar-refractivity contribution in [3.63, 3.8) is 0 Å². The SMILES string of the molecule is [Zr+2].[c-]1cccc2c1Cc1ccccc1-2.c1ccc(CCc2ccccc2)cc1.c1ccc(P(c2ccccc2)c2cc3ccccc3[cH-]2)cc1. The van der Waals surface area contributed by atoms with E-state index in [1.54, 1.807) is 0 Å². The third-order valence-electron chi connectivity index (χ3n) is 8.89. The van der Waals surface area contributed by atoms with Crippen LogP contribution in [-0.4, -0.2) is 0 Å². The smallest absolute Gasteiger partial charge is 0.179 e. The van der Waals surface area contributed by atoms with Crippen LogP contribution in [0.1, 0.15) is 22.3 Å². The van der Waals surface area contributed by atoms with Gasteiger partial charge in [-0.25, -0.2) is 0 Å². The molecule has 0 radical (unpaired) electrons. The first-order chi connectivity index (χ1) is 24.3. The number of hydrogen-bond acceptors (Lipinski definition) is 0. The molecule has 8 aromatic carbocycles. The summed E-state index contributed by atoms with van der Waals surface area (Å²) >= 11 is 0. The van der Waals surface area contributed by atoms with Crippen LogP contribution in [0.25, 0.3) is 21.9 Å². The van der Waals surface area contributed by atoms with Crippen LogP contribution in [0.4, 0.5) is 0 Å². The first kappa shape index (κ1) is 35.3. The molecule has 0 aliphatic heterocycles. The molecule has 50 heavy (non-hydrogen) atoms. The minimum atomic E-state index is -0.493. The third kappa shape index (κ3) is 8.97. The van der Waals surface area contributed by atoms with E-state index in [9.17, 15) is 0 Å². The fourth-order valence-corrected chi connectivity index (χ4v) is 8.81. The molecular weight excluding hydrogens is 699 g/mol. The molecule has 240 valence electrons. The Balaban J connectivity index is 0.000000135. The van der Waals surface area contributed by atoms with Gasteiger partial charge in [0.05, 0.1) is 0 Å². The summed E-state index contributed by atoms with van der Waals surface area (Å²) in [5.74, 6) is 0. The van der Waals surface area contributed by atoms with Crippen molar-refractivity contribution in [1.82, 2.24) is 0 Å².